The molecule has 1 unspecified atom stereocenters. The predicted molar refractivity (Wildman–Crippen MR) is 75.4 cm³/mol. The Balaban J connectivity index is 1.83. The Morgan fingerprint density at radius 2 is 2.14 bits per heavy atom. The molecule has 1 atom stereocenters. The Morgan fingerprint density at radius 1 is 1.32 bits per heavy atom. The average molecular weight is 306 g/mol. The van der Waals surface area contributed by atoms with Crippen molar-refractivity contribution in [1.29, 1.82) is 0 Å². The molecule has 1 aromatic carbocycles. The Morgan fingerprint density at radius 3 is 2.91 bits per heavy atom. The van der Waals surface area contributed by atoms with Gasteiger partial charge in [0.1, 0.15) is 23.6 Å². The van der Waals surface area contributed by atoms with Crippen LogP contribution in [0.5, 0.6) is 5.75 Å². The lowest BCUT2D eigenvalue weighted by Gasteiger charge is -2.23. The first-order chi connectivity index (χ1) is 10.5. The number of carbonyl (C=O) groups excluding carboxylic acids is 1. The normalized spacial score (nSPS) is 16.7. The molecule has 0 fully saturated rings. The highest BCUT2D eigenvalue weighted by Crippen LogP contribution is 2.33. The summed E-state index contributed by atoms with van der Waals surface area (Å²) in [5, 5.41) is 5.59. The zero-order valence-corrected chi connectivity index (χ0v) is 11.5. The number of aromatic nitrogens is 2. The number of carbonyl (C=O) groups is 1. The molecule has 0 aliphatic carbocycles. The quantitative estimate of drug-likeness (QED) is 0.912. The van der Waals surface area contributed by atoms with Gasteiger partial charge < -0.3 is 15.4 Å². The molecular formula is C14H12F2N4O2. The lowest BCUT2D eigenvalue weighted by Crippen LogP contribution is -2.34. The molecule has 0 radical (unpaired) electrons. The molecule has 2 N–H and O–H groups in total. The summed E-state index contributed by atoms with van der Waals surface area (Å²) in [6.07, 6.45) is -2.16. The molecule has 3 rings (SSSR count). The second-order valence-corrected chi connectivity index (χ2v) is 4.71. The van der Waals surface area contributed by atoms with Crippen molar-refractivity contribution in [3.63, 3.8) is 0 Å². The predicted octanol–water partition coefficient (Wildman–Crippen LogP) is 2.88. The van der Waals surface area contributed by atoms with E-state index in [1.54, 1.807) is 25.1 Å². The molecule has 8 heteroatoms. The first-order valence-corrected chi connectivity index (χ1v) is 6.51. The summed E-state index contributed by atoms with van der Waals surface area (Å²) >= 11 is 0. The number of ether oxygens (including phenoxy) is 1. The molecule has 22 heavy (non-hydrogen) atoms. The van der Waals surface area contributed by atoms with Gasteiger partial charge >= 0.3 is 0 Å². The third kappa shape index (κ3) is 2.80. The van der Waals surface area contributed by atoms with Gasteiger partial charge in [-0.05, 0) is 25.1 Å². The van der Waals surface area contributed by atoms with E-state index in [9.17, 15) is 13.6 Å². The van der Waals surface area contributed by atoms with Crippen LogP contribution in [0.3, 0.4) is 0 Å². The number of fused-ring (bicyclic) bond motifs is 1. The minimum absolute atomic E-state index is 0.238. The van der Waals surface area contributed by atoms with Crippen molar-refractivity contribution in [3.05, 3.63) is 36.3 Å². The standard InChI is InChI=1S/C14H12F2N4O2/c1-7-14(21)20-9-4-8(2-3-11(9)22-7)19-12-5-10(13(15)16)17-6-18-12/h2-7,13H,1H3,(H,20,21)(H,17,18,19). The number of nitrogens with zero attached hydrogens (tertiary/aromatic N) is 2. The molecule has 6 nitrogen and oxygen atoms in total. The summed E-state index contributed by atoms with van der Waals surface area (Å²) in [6.45, 7) is 1.65. The summed E-state index contributed by atoms with van der Waals surface area (Å²) in [6, 6.07) is 6.19. The third-order valence-corrected chi connectivity index (χ3v) is 3.09. The van der Waals surface area contributed by atoms with E-state index >= 15 is 0 Å². The number of halogens is 2. The smallest absolute Gasteiger partial charge is 0.280 e. The molecule has 1 aliphatic rings. The summed E-state index contributed by atoms with van der Waals surface area (Å²) in [5.41, 5.74) is 0.730. The van der Waals surface area contributed by atoms with Gasteiger partial charge in [-0.15, -0.1) is 0 Å². The van der Waals surface area contributed by atoms with Crippen LogP contribution in [0.25, 0.3) is 0 Å². The third-order valence-electron chi connectivity index (χ3n) is 3.09. The first kappa shape index (κ1) is 14.2. The largest absolute Gasteiger partial charge is 0.479 e. The lowest BCUT2D eigenvalue weighted by molar-refractivity contribution is -0.122. The van der Waals surface area contributed by atoms with Crippen molar-refractivity contribution < 1.29 is 18.3 Å². The highest BCUT2D eigenvalue weighted by molar-refractivity contribution is 5.98. The minimum atomic E-state index is -2.67. The average Bonchev–Trinajstić information content (AvgIpc) is 2.49. The van der Waals surface area contributed by atoms with E-state index in [0.29, 0.717) is 17.1 Å². The van der Waals surface area contributed by atoms with E-state index in [1.807, 2.05) is 0 Å². The van der Waals surface area contributed by atoms with E-state index in [4.69, 9.17) is 4.74 Å². The van der Waals surface area contributed by atoms with Gasteiger partial charge in [0, 0.05) is 11.8 Å². The van der Waals surface area contributed by atoms with Crippen molar-refractivity contribution in [2.24, 2.45) is 0 Å². The van der Waals surface area contributed by atoms with Crippen LogP contribution in [-0.4, -0.2) is 22.0 Å². The summed E-state index contributed by atoms with van der Waals surface area (Å²) in [5.74, 6) is 0.543. The number of benzene rings is 1. The van der Waals surface area contributed by atoms with E-state index in [-0.39, 0.29) is 17.4 Å². The van der Waals surface area contributed by atoms with Crippen LogP contribution in [0.2, 0.25) is 0 Å². The maximum absolute atomic E-state index is 12.6. The number of amides is 1. The van der Waals surface area contributed by atoms with Crippen molar-refractivity contribution in [1.82, 2.24) is 9.97 Å². The van der Waals surface area contributed by atoms with Crippen molar-refractivity contribution in [2.45, 2.75) is 19.5 Å². The fourth-order valence-corrected chi connectivity index (χ4v) is 1.99. The number of anilines is 3. The number of alkyl halides is 2. The van der Waals surface area contributed by atoms with Gasteiger partial charge in [0.2, 0.25) is 0 Å². The van der Waals surface area contributed by atoms with Crippen molar-refractivity contribution >= 4 is 23.1 Å². The first-order valence-electron chi connectivity index (χ1n) is 6.51. The van der Waals surface area contributed by atoms with Gasteiger partial charge in [-0.1, -0.05) is 0 Å². The summed E-state index contributed by atoms with van der Waals surface area (Å²) < 4.78 is 30.7. The highest BCUT2D eigenvalue weighted by atomic mass is 19.3. The Kier molecular flexibility index (Phi) is 3.58. The zero-order valence-electron chi connectivity index (χ0n) is 11.5. The van der Waals surface area contributed by atoms with Crippen LogP contribution in [0.15, 0.2) is 30.6 Å². The lowest BCUT2D eigenvalue weighted by atomic mass is 10.2. The number of hydrogen-bond donors (Lipinski definition) is 2. The fourth-order valence-electron chi connectivity index (χ4n) is 1.99. The Labute approximate surface area is 124 Å². The van der Waals surface area contributed by atoms with Crippen molar-refractivity contribution in [3.8, 4) is 5.75 Å². The van der Waals surface area contributed by atoms with Crippen LogP contribution < -0.4 is 15.4 Å². The molecule has 0 bridgehead atoms. The molecular weight excluding hydrogens is 294 g/mol. The summed E-state index contributed by atoms with van der Waals surface area (Å²) in [7, 11) is 0. The van der Waals surface area contributed by atoms with Crippen LogP contribution in [0.1, 0.15) is 19.0 Å². The van der Waals surface area contributed by atoms with Gasteiger partial charge in [-0.2, -0.15) is 0 Å². The topological polar surface area (TPSA) is 76.1 Å². The van der Waals surface area contributed by atoms with Gasteiger partial charge in [-0.3, -0.25) is 4.79 Å². The van der Waals surface area contributed by atoms with Crippen LogP contribution in [0.4, 0.5) is 26.0 Å². The Hall–Kier alpha value is -2.77. The zero-order chi connectivity index (χ0) is 15.7. The molecule has 2 heterocycles. The van der Waals surface area contributed by atoms with Crippen LogP contribution in [-0.2, 0) is 4.79 Å². The molecule has 1 aliphatic heterocycles. The summed E-state index contributed by atoms with van der Waals surface area (Å²) in [4.78, 5) is 19.0. The molecule has 0 saturated carbocycles. The molecule has 1 amide bonds. The highest BCUT2D eigenvalue weighted by Gasteiger charge is 2.23. The molecule has 114 valence electrons. The molecule has 0 spiro atoms. The maximum Gasteiger partial charge on any atom is 0.280 e. The van der Waals surface area contributed by atoms with Crippen molar-refractivity contribution in [2.75, 3.05) is 10.6 Å². The molecule has 1 aromatic heterocycles. The van der Waals surface area contributed by atoms with Crippen LogP contribution in [0, 0.1) is 0 Å². The second-order valence-electron chi connectivity index (χ2n) is 4.71. The van der Waals surface area contributed by atoms with Gasteiger partial charge in [-0.25, -0.2) is 18.7 Å². The number of nitrogens with one attached hydrogen (secondary N) is 2. The van der Waals surface area contributed by atoms with Crippen LogP contribution >= 0.6 is 0 Å². The van der Waals surface area contributed by atoms with E-state index in [1.165, 1.54) is 6.07 Å². The van der Waals surface area contributed by atoms with E-state index in [2.05, 4.69) is 20.6 Å². The van der Waals surface area contributed by atoms with Gasteiger partial charge in [0.15, 0.2) is 6.10 Å². The minimum Gasteiger partial charge on any atom is -0.479 e. The van der Waals surface area contributed by atoms with E-state index < -0.39 is 12.5 Å². The molecule has 2 aromatic rings. The maximum atomic E-state index is 12.6. The Bertz CT molecular complexity index is 724. The monoisotopic (exact) mass is 306 g/mol. The van der Waals surface area contributed by atoms with Gasteiger partial charge in [0.05, 0.1) is 5.69 Å². The van der Waals surface area contributed by atoms with E-state index in [0.717, 1.165) is 6.33 Å². The fraction of sp³-hybridized carbons (Fsp3) is 0.214. The molecule has 0 saturated heterocycles. The SMILES string of the molecule is CC1Oc2ccc(Nc3cc(C(F)F)ncn3)cc2NC1=O. The van der Waals surface area contributed by atoms with Gasteiger partial charge in [0.25, 0.3) is 12.3 Å². The number of rotatable bonds is 3. The second kappa shape index (κ2) is 5.55. The number of hydrogen-bond acceptors (Lipinski definition) is 5.